The van der Waals surface area contributed by atoms with Gasteiger partial charge in [-0.25, -0.2) is 0 Å². The van der Waals surface area contributed by atoms with Crippen LogP contribution in [0.4, 0.5) is 13.2 Å². The Hall–Kier alpha value is -4.12. The largest absolute Gasteiger partial charge is 0.573 e. The fourth-order valence-corrected chi connectivity index (χ4v) is 2.67. The fourth-order valence-electron chi connectivity index (χ4n) is 2.67. The first-order chi connectivity index (χ1) is 15.3. The minimum absolute atomic E-state index is 0.0141. The number of halogens is 3. The lowest BCUT2D eigenvalue weighted by Gasteiger charge is -2.11. The van der Waals surface area contributed by atoms with Gasteiger partial charge in [-0.15, -0.1) is 13.2 Å². The molecule has 0 atom stereocenters. The molecule has 0 fully saturated rings. The van der Waals surface area contributed by atoms with Crippen LogP contribution in [0.25, 0.3) is 0 Å². The van der Waals surface area contributed by atoms with Gasteiger partial charge >= 0.3 is 12.3 Å². The Bertz CT molecular complexity index is 1130. The molecule has 0 aliphatic carbocycles. The first kappa shape index (κ1) is 22.6. The zero-order valence-electron chi connectivity index (χ0n) is 16.6. The predicted molar refractivity (Wildman–Crippen MR) is 110 cm³/mol. The number of alkyl halides is 3. The summed E-state index contributed by atoms with van der Waals surface area (Å²) in [7, 11) is 0. The van der Waals surface area contributed by atoms with E-state index in [9.17, 15) is 18.0 Å². The van der Waals surface area contributed by atoms with Crippen LogP contribution in [-0.2, 0) is 11.2 Å². The van der Waals surface area contributed by atoms with Gasteiger partial charge in [-0.2, -0.15) is 0 Å². The summed E-state index contributed by atoms with van der Waals surface area (Å²) in [4.78, 5) is 10.9. The summed E-state index contributed by atoms with van der Waals surface area (Å²) in [5.41, 5.74) is 1.11. The number of para-hydroxylation sites is 2. The van der Waals surface area contributed by atoms with Crippen LogP contribution in [0, 0.1) is 11.8 Å². The smallest absolute Gasteiger partial charge is 0.481 e. The molecule has 0 heterocycles. The van der Waals surface area contributed by atoms with Crippen molar-refractivity contribution < 1.29 is 37.3 Å². The SMILES string of the molecule is O=C(O)Cc1cccc(Oc2ccccc2OCC#Cc2ccc(OC(F)(F)F)cc2)c1. The third-order valence-corrected chi connectivity index (χ3v) is 3.95. The van der Waals surface area contributed by atoms with Crippen LogP contribution in [-0.4, -0.2) is 24.0 Å². The van der Waals surface area contributed by atoms with Crippen molar-refractivity contribution in [3.8, 4) is 34.8 Å². The molecule has 164 valence electrons. The first-order valence-corrected chi connectivity index (χ1v) is 9.33. The maximum atomic E-state index is 12.2. The molecule has 1 N–H and O–H groups in total. The molecular weight excluding hydrogens is 425 g/mol. The van der Waals surface area contributed by atoms with Gasteiger partial charge in [-0.3, -0.25) is 4.79 Å². The molecule has 0 amide bonds. The Morgan fingerprint density at radius 1 is 0.906 bits per heavy atom. The Labute approximate surface area is 182 Å². The van der Waals surface area contributed by atoms with Crippen molar-refractivity contribution >= 4 is 5.97 Å². The number of benzene rings is 3. The zero-order chi connectivity index (χ0) is 23.0. The van der Waals surface area contributed by atoms with Crippen LogP contribution in [0.15, 0.2) is 72.8 Å². The number of ether oxygens (including phenoxy) is 3. The van der Waals surface area contributed by atoms with Gasteiger partial charge in [0.1, 0.15) is 18.1 Å². The Kier molecular flexibility index (Phi) is 7.24. The van der Waals surface area contributed by atoms with Crippen molar-refractivity contribution in [2.24, 2.45) is 0 Å². The van der Waals surface area contributed by atoms with E-state index in [1.54, 1.807) is 48.5 Å². The second kappa shape index (κ2) is 10.3. The van der Waals surface area contributed by atoms with E-state index >= 15 is 0 Å². The van der Waals surface area contributed by atoms with Crippen LogP contribution < -0.4 is 14.2 Å². The standard InChI is InChI=1S/C24H17F3O5/c25-24(26,27)32-19-12-10-17(11-13-19)6-4-14-30-21-8-1-2-9-22(21)31-20-7-3-5-18(15-20)16-23(28)29/h1-3,5,7-13,15H,14,16H2,(H,28,29). The quantitative estimate of drug-likeness (QED) is 0.494. The molecular formula is C24H17F3O5. The minimum Gasteiger partial charge on any atom is -0.481 e. The van der Waals surface area contributed by atoms with Crippen LogP contribution in [0.5, 0.6) is 23.0 Å². The highest BCUT2D eigenvalue weighted by atomic mass is 19.4. The Morgan fingerprint density at radius 2 is 1.62 bits per heavy atom. The third kappa shape index (κ3) is 7.29. The number of carboxylic acids is 1. The van der Waals surface area contributed by atoms with Gasteiger partial charge in [0.05, 0.1) is 6.42 Å². The lowest BCUT2D eigenvalue weighted by Crippen LogP contribution is -2.16. The number of rotatable bonds is 7. The fraction of sp³-hybridized carbons (Fsp3) is 0.125. The second-order valence-corrected chi connectivity index (χ2v) is 6.43. The third-order valence-electron chi connectivity index (χ3n) is 3.95. The van der Waals surface area contributed by atoms with E-state index in [0.717, 1.165) is 0 Å². The normalized spacial score (nSPS) is 10.6. The van der Waals surface area contributed by atoms with Gasteiger partial charge in [-0.1, -0.05) is 36.1 Å². The molecule has 0 aromatic heterocycles. The average Bonchev–Trinajstić information content (AvgIpc) is 2.72. The molecule has 0 unspecified atom stereocenters. The van der Waals surface area contributed by atoms with E-state index in [2.05, 4.69) is 16.6 Å². The summed E-state index contributed by atoms with van der Waals surface area (Å²) < 4.78 is 51.9. The highest BCUT2D eigenvalue weighted by molar-refractivity contribution is 5.70. The molecule has 0 aliphatic rings. The predicted octanol–water partition coefficient (Wildman–Crippen LogP) is 5.44. The van der Waals surface area contributed by atoms with Gasteiger partial charge in [0.25, 0.3) is 0 Å². The maximum absolute atomic E-state index is 12.2. The first-order valence-electron chi connectivity index (χ1n) is 9.33. The minimum atomic E-state index is -4.74. The number of carbonyl (C=O) groups is 1. The molecule has 0 saturated heterocycles. The summed E-state index contributed by atoms with van der Waals surface area (Å²) in [6, 6.07) is 18.8. The van der Waals surface area contributed by atoms with E-state index in [1.807, 2.05) is 0 Å². The summed E-state index contributed by atoms with van der Waals surface area (Å²) >= 11 is 0. The van der Waals surface area contributed by atoms with Crippen LogP contribution in [0.2, 0.25) is 0 Å². The lowest BCUT2D eigenvalue weighted by atomic mass is 10.1. The van der Waals surface area contributed by atoms with Crippen molar-refractivity contribution in [3.63, 3.8) is 0 Å². The van der Waals surface area contributed by atoms with Crippen molar-refractivity contribution in [3.05, 3.63) is 83.9 Å². The Balaban J connectivity index is 1.61. The highest BCUT2D eigenvalue weighted by Gasteiger charge is 2.30. The molecule has 0 bridgehead atoms. The lowest BCUT2D eigenvalue weighted by molar-refractivity contribution is -0.274. The van der Waals surface area contributed by atoms with E-state index < -0.39 is 12.3 Å². The van der Waals surface area contributed by atoms with Crippen LogP contribution >= 0.6 is 0 Å². The molecule has 0 radical (unpaired) electrons. The van der Waals surface area contributed by atoms with Gasteiger partial charge in [-0.05, 0) is 54.1 Å². The number of hydrogen-bond acceptors (Lipinski definition) is 4. The molecule has 3 rings (SSSR count). The average molecular weight is 442 g/mol. The maximum Gasteiger partial charge on any atom is 0.573 e. The Morgan fingerprint density at radius 3 is 2.31 bits per heavy atom. The molecule has 0 spiro atoms. The molecule has 0 saturated carbocycles. The van der Waals surface area contributed by atoms with Gasteiger partial charge in [0, 0.05) is 5.56 Å². The number of carboxylic acid groups (broad SMARTS) is 1. The van der Waals surface area contributed by atoms with E-state index in [1.165, 1.54) is 24.3 Å². The van der Waals surface area contributed by atoms with Gasteiger partial charge in [0.2, 0.25) is 0 Å². The number of aliphatic carboxylic acids is 1. The van der Waals surface area contributed by atoms with E-state index in [-0.39, 0.29) is 18.8 Å². The molecule has 32 heavy (non-hydrogen) atoms. The van der Waals surface area contributed by atoms with Crippen LogP contribution in [0.1, 0.15) is 11.1 Å². The van der Waals surface area contributed by atoms with E-state index in [4.69, 9.17) is 14.6 Å². The second-order valence-electron chi connectivity index (χ2n) is 6.43. The summed E-state index contributed by atoms with van der Waals surface area (Å²) in [5, 5.41) is 8.93. The molecule has 8 heteroatoms. The molecule has 0 aliphatic heterocycles. The van der Waals surface area contributed by atoms with Crippen LogP contribution in [0.3, 0.4) is 0 Å². The van der Waals surface area contributed by atoms with Crippen molar-refractivity contribution in [2.45, 2.75) is 12.8 Å². The van der Waals surface area contributed by atoms with Crippen molar-refractivity contribution in [1.82, 2.24) is 0 Å². The monoisotopic (exact) mass is 442 g/mol. The molecule has 3 aromatic carbocycles. The van der Waals surface area contributed by atoms with Gasteiger partial charge in [0.15, 0.2) is 11.5 Å². The summed E-state index contributed by atoms with van der Waals surface area (Å²) in [6.45, 7) is 0.0141. The van der Waals surface area contributed by atoms with Crippen molar-refractivity contribution in [1.29, 1.82) is 0 Å². The zero-order valence-corrected chi connectivity index (χ0v) is 16.6. The van der Waals surface area contributed by atoms with Crippen molar-refractivity contribution in [2.75, 3.05) is 6.61 Å². The topological polar surface area (TPSA) is 65.0 Å². The number of hydrogen-bond donors (Lipinski definition) is 1. The molecule has 5 nitrogen and oxygen atoms in total. The van der Waals surface area contributed by atoms with Gasteiger partial charge < -0.3 is 19.3 Å². The molecule has 3 aromatic rings. The summed E-state index contributed by atoms with van der Waals surface area (Å²) in [5.74, 6) is 5.64. The highest BCUT2D eigenvalue weighted by Crippen LogP contribution is 2.31. The van der Waals surface area contributed by atoms with E-state index in [0.29, 0.717) is 28.4 Å². The summed E-state index contributed by atoms with van der Waals surface area (Å²) in [6.07, 6.45) is -4.86.